The van der Waals surface area contributed by atoms with Gasteiger partial charge in [0.1, 0.15) is 12.4 Å². The number of benzene rings is 2. The van der Waals surface area contributed by atoms with Gasteiger partial charge in [-0.1, -0.05) is 50.2 Å². The fraction of sp³-hybridized carbons (Fsp3) is 0.250. The highest BCUT2D eigenvalue weighted by Crippen LogP contribution is 2.16. The van der Waals surface area contributed by atoms with Crippen molar-refractivity contribution in [1.29, 1.82) is 0 Å². The number of aromatic nitrogens is 2. The molecule has 2 aromatic carbocycles. The van der Waals surface area contributed by atoms with Crippen LogP contribution < -0.4 is 5.56 Å². The van der Waals surface area contributed by atoms with Crippen LogP contribution >= 0.6 is 0 Å². The van der Waals surface area contributed by atoms with Crippen LogP contribution in [-0.4, -0.2) is 15.7 Å². The van der Waals surface area contributed by atoms with E-state index in [1.807, 2.05) is 13.8 Å². The molecule has 0 N–H and O–H groups in total. The van der Waals surface area contributed by atoms with E-state index in [1.54, 1.807) is 42.5 Å². The third-order valence-electron chi connectivity index (χ3n) is 3.92. The third-order valence-corrected chi connectivity index (χ3v) is 3.92. The molecule has 0 aliphatic heterocycles. The zero-order valence-electron chi connectivity index (χ0n) is 14.6. The predicted molar refractivity (Wildman–Crippen MR) is 96.4 cm³/mol. The summed E-state index contributed by atoms with van der Waals surface area (Å²) in [7, 11) is 0. The van der Waals surface area contributed by atoms with Crippen LogP contribution in [0.5, 0.6) is 0 Å². The second-order valence-corrected chi connectivity index (χ2v) is 6.44. The zero-order valence-corrected chi connectivity index (χ0v) is 14.6. The van der Waals surface area contributed by atoms with Gasteiger partial charge in [-0.2, -0.15) is 5.10 Å². The maximum absolute atomic E-state index is 13.7. The molecule has 0 aliphatic rings. The summed E-state index contributed by atoms with van der Waals surface area (Å²) in [4.78, 5) is 25.1. The molecule has 0 saturated heterocycles. The molecule has 0 aliphatic carbocycles. The van der Waals surface area contributed by atoms with Crippen LogP contribution in [0.2, 0.25) is 0 Å². The number of esters is 1. The molecular formula is C20H19FN2O3. The fourth-order valence-corrected chi connectivity index (χ4v) is 2.68. The first-order valence-corrected chi connectivity index (χ1v) is 8.37. The van der Waals surface area contributed by atoms with Crippen molar-refractivity contribution in [1.82, 2.24) is 9.78 Å². The molecule has 1 heterocycles. The van der Waals surface area contributed by atoms with Gasteiger partial charge in [0.15, 0.2) is 5.69 Å². The van der Waals surface area contributed by atoms with Gasteiger partial charge in [0.05, 0.1) is 5.39 Å². The Balaban J connectivity index is 1.97. The number of hydrogen-bond acceptors (Lipinski definition) is 4. The largest absolute Gasteiger partial charge is 0.456 e. The van der Waals surface area contributed by atoms with Crippen LogP contribution in [0.3, 0.4) is 0 Å². The fourth-order valence-electron chi connectivity index (χ4n) is 2.68. The van der Waals surface area contributed by atoms with Gasteiger partial charge < -0.3 is 4.74 Å². The van der Waals surface area contributed by atoms with Gasteiger partial charge in [-0.15, -0.1) is 0 Å². The average Bonchev–Trinajstić information content (AvgIpc) is 2.63. The Labute approximate surface area is 150 Å². The van der Waals surface area contributed by atoms with E-state index < -0.39 is 11.8 Å². The number of fused-ring (bicyclic) bond motifs is 1. The zero-order chi connectivity index (χ0) is 18.7. The van der Waals surface area contributed by atoms with Crippen LogP contribution in [0.25, 0.3) is 10.8 Å². The SMILES string of the molecule is CC(C)Cn1nc(C(=O)OCc2ccccc2F)c2ccccc2c1=O. The van der Waals surface area contributed by atoms with E-state index in [2.05, 4.69) is 5.10 Å². The molecular weight excluding hydrogens is 335 g/mol. The molecule has 1 aromatic heterocycles. The summed E-state index contributed by atoms with van der Waals surface area (Å²) in [5.41, 5.74) is 0.0813. The van der Waals surface area contributed by atoms with Gasteiger partial charge >= 0.3 is 5.97 Å². The van der Waals surface area contributed by atoms with Crippen LogP contribution in [0, 0.1) is 11.7 Å². The molecule has 0 unspecified atom stereocenters. The molecule has 3 rings (SSSR count). The molecule has 0 radical (unpaired) electrons. The first-order chi connectivity index (χ1) is 12.5. The molecule has 0 spiro atoms. The van der Waals surface area contributed by atoms with E-state index in [0.717, 1.165) is 0 Å². The normalized spacial score (nSPS) is 11.1. The second kappa shape index (κ2) is 7.47. The summed E-state index contributed by atoms with van der Waals surface area (Å²) in [5, 5.41) is 5.04. The third kappa shape index (κ3) is 3.64. The lowest BCUT2D eigenvalue weighted by molar-refractivity contribution is 0.0461. The summed E-state index contributed by atoms with van der Waals surface area (Å²) in [6.07, 6.45) is 0. The van der Waals surface area contributed by atoms with Crippen molar-refractivity contribution in [3.63, 3.8) is 0 Å². The first-order valence-electron chi connectivity index (χ1n) is 8.37. The van der Waals surface area contributed by atoms with Crippen LogP contribution in [0.1, 0.15) is 29.9 Å². The maximum Gasteiger partial charge on any atom is 0.359 e. The van der Waals surface area contributed by atoms with E-state index in [0.29, 0.717) is 17.3 Å². The van der Waals surface area contributed by atoms with Crippen molar-refractivity contribution in [2.75, 3.05) is 0 Å². The van der Waals surface area contributed by atoms with Crippen LogP contribution in [0.4, 0.5) is 4.39 Å². The van der Waals surface area contributed by atoms with Crippen molar-refractivity contribution in [2.45, 2.75) is 27.0 Å². The smallest absolute Gasteiger partial charge is 0.359 e. The van der Waals surface area contributed by atoms with Crippen molar-refractivity contribution >= 4 is 16.7 Å². The Morgan fingerprint density at radius 1 is 1.12 bits per heavy atom. The number of rotatable bonds is 5. The van der Waals surface area contributed by atoms with E-state index >= 15 is 0 Å². The predicted octanol–water partition coefficient (Wildman–Crippen LogP) is 3.55. The van der Waals surface area contributed by atoms with Crippen LogP contribution in [0.15, 0.2) is 53.3 Å². The molecule has 26 heavy (non-hydrogen) atoms. The molecule has 0 bridgehead atoms. The number of carbonyl (C=O) groups excluding carboxylic acids is 1. The lowest BCUT2D eigenvalue weighted by atomic mass is 10.1. The maximum atomic E-state index is 13.7. The molecule has 0 saturated carbocycles. The Hall–Kier alpha value is -3.02. The lowest BCUT2D eigenvalue weighted by Crippen LogP contribution is -2.28. The number of hydrogen-bond donors (Lipinski definition) is 0. The summed E-state index contributed by atoms with van der Waals surface area (Å²) in [6, 6.07) is 12.9. The minimum atomic E-state index is -0.693. The van der Waals surface area contributed by atoms with Crippen LogP contribution in [-0.2, 0) is 17.9 Å². The highest BCUT2D eigenvalue weighted by Gasteiger charge is 2.18. The van der Waals surface area contributed by atoms with E-state index in [9.17, 15) is 14.0 Å². The monoisotopic (exact) mass is 354 g/mol. The lowest BCUT2D eigenvalue weighted by Gasteiger charge is -2.12. The highest BCUT2D eigenvalue weighted by molar-refractivity contribution is 6.02. The van der Waals surface area contributed by atoms with Crippen molar-refractivity contribution in [3.05, 3.63) is 76.0 Å². The van der Waals surface area contributed by atoms with E-state index in [4.69, 9.17) is 4.74 Å². The van der Waals surface area contributed by atoms with Crippen molar-refractivity contribution in [2.24, 2.45) is 5.92 Å². The Kier molecular flexibility index (Phi) is 5.11. The first kappa shape index (κ1) is 17.8. The summed E-state index contributed by atoms with van der Waals surface area (Å²) >= 11 is 0. The molecule has 0 amide bonds. The van der Waals surface area contributed by atoms with E-state index in [1.165, 1.54) is 10.7 Å². The quantitative estimate of drug-likeness (QED) is 0.658. The van der Waals surface area contributed by atoms with Gasteiger partial charge in [-0.25, -0.2) is 13.9 Å². The van der Waals surface area contributed by atoms with Gasteiger partial charge in [-0.3, -0.25) is 4.79 Å². The van der Waals surface area contributed by atoms with E-state index in [-0.39, 0.29) is 29.3 Å². The van der Waals surface area contributed by atoms with Gasteiger partial charge in [0, 0.05) is 17.5 Å². The van der Waals surface area contributed by atoms with Crippen molar-refractivity contribution in [3.8, 4) is 0 Å². The standard InChI is InChI=1S/C20H19FN2O3/c1-13(2)11-23-19(24)16-9-5-4-8-15(16)18(22-23)20(25)26-12-14-7-3-6-10-17(14)21/h3-10,13H,11-12H2,1-2H3. The molecule has 0 fully saturated rings. The molecule has 134 valence electrons. The van der Waals surface area contributed by atoms with Gasteiger partial charge in [0.2, 0.25) is 0 Å². The topological polar surface area (TPSA) is 61.2 Å². The minimum Gasteiger partial charge on any atom is -0.456 e. The number of halogens is 1. The van der Waals surface area contributed by atoms with Crippen molar-refractivity contribution < 1.29 is 13.9 Å². The van der Waals surface area contributed by atoms with Gasteiger partial charge in [-0.05, 0) is 18.1 Å². The number of carbonyl (C=O) groups is 1. The average molecular weight is 354 g/mol. The molecule has 5 nitrogen and oxygen atoms in total. The Morgan fingerprint density at radius 3 is 2.46 bits per heavy atom. The van der Waals surface area contributed by atoms with Gasteiger partial charge in [0.25, 0.3) is 5.56 Å². The summed E-state index contributed by atoms with van der Waals surface area (Å²) in [5.74, 6) is -0.950. The summed E-state index contributed by atoms with van der Waals surface area (Å²) < 4.78 is 20.2. The second-order valence-electron chi connectivity index (χ2n) is 6.44. The highest BCUT2D eigenvalue weighted by atomic mass is 19.1. The number of nitrogens with zero attached hydrogens (tertiary/aromatic N) is 2. The summed E-state index contributed by atoms with van der Waals surface area (Å²) in [6.45, 7) is 4.10. The Morgan fingerprint density at radius 2 is 1.77 bits per heavy atom. The Bertz CT molecular complexity index is 1010. The molecule has 6 heteroatoms. The molecule has 3 aromatic rings. The number of ether oxygens (including phenoxy) is 1. The minimum absolute atomic E-state index is 0.0530. The molecule has 0 atom stereocenters.